The average Bonchev–Trinajstić information content (AvgIpc) is 3.57. The zero-order valence-electron chi connectivity index (χ0n) is 24.5. The quantitative estimate of drug-likeness (QED) is 0.199. The topological polar surface area (TPSA) is 124 Å². The standard InChI is InChI=1S/C32H44N4O6/c1-35(13-12-33-17-28(38)26-8-9-27(37)31-32(26)42-21-29(39)34-31)30(40)11-15-41-14-10-22-4-2-5-23(16-22)18-36-19-24-6-3-7-25(24)20-36/h2,4-5,8-9,16,24-25,28,33,37-38H,3,6-7,10-15,17-21H2,1H3,(H,34,39)/t24?,25?,28-/m0/s1. The first-order chi connectivity index (χ1) is 20.4. The molecule has 228 valence electrons. The van der Waals surface area contributed by atoms with Crippen LogP contribution in [0.3, 0.4) is 0 Å². The minimum Gasteiger partial charge on any atom is -0.506 e. The molecule has 4 N–H and O–H groups in total. The van der Waals surface area contributed by atoms with Crippen molar-refractivity contribution in [2.45, 2.75) is 44.8 Å². The number of likely N-dealkylation sites (tertiary alicyclic amines) is 1. The summed E-state index contributed by atoms with van der Waals surface area (Å²) in [5.74, 6) is 1.63. The summed E-state index contributed by atoms with van der Waals surface area (Å²) in [6.07, 6.45) is 4.46. The second kappa shape index (κ2) is 14.3. The van der Waals surface area contributed by atoms with Crippen molar-refractivity contribution in [2.24, 2.45) is 11.8 Å². The number of hydrogen-bond donors (Lipinski definition) is 4. The lowest BCUT2D eigenvalue weighted by Crippen LogP contribution is -2.35. The van der Waals surface area contributed by atoms with E-state index < -0.39 is 6.10 Å². The Morgan fingerprint density at radius 3 is 2.79 bits per heavy atom. The molecule has 2 aromatic rings. The minimum absolute atomic E-state index is 0.00599. The normalized spacial score (nSPS) is 20.5. The van der Waals surface area contributed by atoms with E-state index in [1.807, 2.05) is 0 Å². The number of aromatic hydroxyl groups is 1. The zero-order chi connectivity index (χ0) is 29.5. The maximum Gasteiger partial charge on any atom is 0.262 e. The van der Waals surface area contributed by atoms with E-state index in [0.717, 1.165) is 24.8 Å². The van der Waals surface area contributed by atoms with E-state index in [9.17, 15) is 19.8 Å². The fourth-order valence-electron chi connectivity index (χ4n) is 6.41. The number of rotatable bonds is 14. The van der Waals surface area contributed by atoms with E-state index in [0.29, 0.717) is 38.3 Å². The molecule has 0 radical (unpaired) electrons. The number of phenolic OH excluding ortho intramolecular Hbond substituents is 1. The Hall–Kier alpha value is -3.18. The predicted molar refractivity (Wildman–Crippen MR) is 159 cm³/mol. The number of benzene rings is 2. The maximum absolute atomic E-state index is 12.5. The molecule has 2 aromatic carbocycles. The Balaban J connectivity index is 0.944. The molecular formula is C32H44N4O6. The summed E-state index contributed by atoms with van der Waals surface area (Å²) in [6.45, 7) is 5.52. The molecule has 2 fully saturated rings. The van der Waals surface area contributed by atoms with Crippen molar-refractivity contribution >= 4 is 17.5 Å². The highest BCUT2D eigenvalue weighted by Gasteiger charge is 2.35. The number of aliphatic hydroxyl groups excluding tert-OH is 1. The van der Waals surface area contributed by atoms with Gasteiger partial charge in [0.2, 0.25) is 5.91 Å². The molecule has 2 amide bonds. The summed E-state index contributed by atoms with van der Waals surface area (Å²) >= 11 is 0. The number of phenols is 1. The molecule has 2 aliphatic heterocycles. The third kappa shape index (κ3) is 7.80. The van der Waals surface area contributed by atoms with Gasteiger partial charge in [0.05, 0.1) is 25.7 Å². The molecule has 2 heterocycles. The van der Waals surface area contributed by atoms with Crippen molar-refractivity contribution < 1.29 is 29.3 Å². The highest BCUT2D eigenvalue weighted by atomic mass is 16.5. The fourth-order valence-corrected chi connectivity index (χ4v) is 6.41. The number of likely N-dealkylation sites (N-methyl/N-ethyl adjacent to an activating group) is 1. The molecule has 1 aliphatic carbocycles. The third-order valence-corrected chi connectivity index (χ3v) is 8.72. The van der Waals surface area contributed by atoms with Crippen molar-refractivity contribution in [3.63, 3.8) is 0 Å². The number of amides is 2. The van der Waals surface area contributed by atoms with Crippen molar-refractivity contribution in [1.82, 2.24) is 15.1 Å². The first-order valence-electron chi connectivity index (χ1n) is 15.2. The third-order valence-electron chi connectivity index (χ3n) is 8.72. The van der Waals surface area contributed by atoms with Crippen molar-refractivity contribution in [3.8, 4) is 11.5 Å². The number of nitrogens with zero attached hydrogens (tertiary/aromatic N) is 2. The Morgan fingerprint density at radius 2 is 1.98 bits per heavy atom. The molecule has 3 atom stereocenters. The van der Waals surface area contributed by atoms with Gasteiger partial charge in [-0.1, -0.05) is 30.7 Å². The lowest BCUT2D eigenvalue weighted by Gasteiger charge is -2.24. The minimum atomic E-state index is -0.913. The molecule has 0 bridgehead atoms. The van der Waals surface area contributed by atoms with Gasteiger partial charge in [-0.15, -0.1) is 0 Å². The van der Waals surface area contributed by atoms with E-state index in [2.05, 4.69) is 39.8 Å². The molecule has 3 aliphatic rings. The summed E-state index contributed by atoms with van der Waals surface area (Å²) in [7, 11) is 1.76. The maximum atomic E-state index is 12.5. The van der Waals surface area contributed by atoms with Gasteiger partial charge in [-0.2, -0.15) is 0 Å². The lowest BCUT2D eigenvalue weighted by atomic mass is 10.0. The Kier molecular flexibility index (Phi) is 10.3. The summed E-state index contributed by atoms with van der Waals surface area (Å²) in [6, 6.07) is 11.8. The van der Waals surface area contributed by atoms with E-state index >= 15 is 0 Å². The van der Waals surface area contributed by atoms with Gasteiger partial charge in [0.15, 0.2) is 12.4 Å². The summed E-state index contributed by atoms with van der Waals surface area (Å²) in [4.78, 5) is 28.3. The van der Waals surface area contributed by atoms with Gasteiger partial charge < -0.3 is 35.2 Å². The van der Waals surface area contributed by atoms with Gasteiger partial charge in [0, 0.05) is 51.9 Å². The Morgan fingerprint density at radius 1 is 1.19 bits per heavy atom. The first-order valence-corrected chi connectivity index (χ1v) is 15.2. The van der Waals surface area contributed by atoms with Gasteiger partial charge in [0.25, 0.3) is 5.91 Å². The van der Waals surface area contributed by atoms with E-state index in [4.69, 9.17) is 9.47 Å². The van der Waals surface area contributed by atoms with Crippen LogP contribution in [-0.4, -0.2) is 91.4 Å². The second-order valence-electron chi connectivity index (χ2n) is 11.8. The molecule has 0 spiro atoms. The van der Waals surface area contributed by atoms with E-state index in [1.54, 1.807) is 18.0 Å². The van der Waals surface area contributed by atoms with Crippen LogP contribution in [0, 0.1) is 11.8 Å². The smallest absolute Gasteiger partial charge is 0.262 e. The molecular weight excluding hydrogens is 536 g/mol. The highest BCUT2D eigenvalue weighted by Crippen LogP contribution is 2.41. The van der Waals surface area contributed by atoms with Crippen LogP contribution in [0.1, 0.15) is 48.5 Å². The summed E-state index contributed by atoms with van der Waals surface area (Å²) < 4.78 is 11.2. The number of carbonyl (C=O) groups excluding carboxylic acids is 2. The van der Waals surface area contributed by atoms with Gasteiger partial charge in [-0.3, -0.25) is 14.5 Å². The van der Waals surface area contributed by atoms with E-state index in [-0.39, 0.29) is 42.2 Å². The number of aliphatic hydroxyl groups is 1. The van der Waals surface area contributed by atoms with Crippen LogP contribution in [0.4, 0.5) is 5.69 Å². The van der Waals surface area contributed by atoms with Gasteiger partial charge >= 0.3 is 0 Å². The molecule has 1 saturated carbocycles. The summed E-state index contributed by atoms with van der Waals surface area (Å²) in [5.41, 5.74) is 3.28. The number of ether oxygens (including phenoxy) is 2. The zero-order valence-corrected chi connectivity index (χ0v) is 24.5. The van der Waals surface area contributed by atoms with Crippen molar-refractivity contribution in [2.75, 3.05) is 64.9 Å². The SMILES string of the molecule is CN(CCNC[C@H](O)c1ccc(O)c2c1OCC(=O)N2)C(=O)CCOCCc1cccc(CN2CC3CCCC3C2)c1. The first kappa shape index (κ1) is 30.3. The average molecular weight is 581 g/mol. The number of fused-ring (bicyclic) bond motifs is 2. The molecule has 1 saturated heterocycles. The Bertz CT molecular complexity index is 1230. The Labute approximate surface area is 248 Å². The van der Waals surface area contributed by atoms with Crippen LogP contribution >= 0.6 is 0 Å². The second-order valence-corrected chi connectivity index (χ2v) is 11.8. The monoisotopic (exact) mass is 580 g/mol. The van der Waals surface area contributed by atoms with Crippen LogP contribution < -0.4 is 15.4 Å². The van der Waals surface area contributed by atoms with Crippen LogP contribution in [0.25, 0.3) is 0 Å². The predicted octanol–water partition coefficient (Wildman–Crippen LogP) is 2.69. The number of carbonyl (C=O) groups is 2. The lowest BCUT2D eigenvalue weighted by molar-refractivity contribution is -0.131. The fraction of sp³-hybridized carbons (Fsp3) is 0.562. The van der Waals surface area contributed by atoms with E-state index in [1.165, 1.54) is 49.5 Å². The van der Waals surface area contributed by atoms with Crippen molar-refractivity contribution in [1.29, 1.82) is 0 Å². The largest absolute Gasteiger partial charge is 0.506 e. The van der Waals surface area contributed by atoms with Crippen LogP contribution in [0.2, 0.25) is 0 Å². The van der Waals surface area contributed by atoms with Crippen LogP contribution in [0.15, 0.2) is 36.4 Å². The van der Waals surface area contributed by atoms with Gasteiger partial charge in [-0.05, 0) is 54.4 Å². The number of hydrogen-bond acceptors (Lipinski definition) is 8. The molecule has 5 rings (SSSR count). The molecule has 0 aromatic heterocycles. The number of nitrogens with one attached hydrogen (secondary N) is 2. The molecule has 2 unspecified atom stereocenters. The molecule has 10 heteroatoms. The van der Waals surface area contributed by atoms with Crippen molar-refractivity contribution in [3.05, 3.63) is 53.1 Å². The van der Waals surface area contributed by atoms with Gasteiger partial charge in [0.1, 0.15) is 11.4 Å². The molecule has 42 heavy (non-hydrogen) atoms. The van der Waals surface area contributed by atoms with Crippen LogP contribution in [-0.2, 0) is 27.3 Å². The van der Waals surface area contributed by atoms with Crippen LogP contribution in [0.5, 0.6) is 11.5 Å². The summed E-state index contributed by atoms with van der Waals surface area (Å²) in [5, 5.41) is 26.3. The molecule has 10 nitrogen and oxygen atoms in total. The van der Waals surface area contributed by atoms with Gasteiger partial charge in [-0.25, -0.2) is 0 Å². The number of anilines is 1. The highest BCUT2D eigenvalue weighted by molar-refractivity contribution is 5.97.